The second-order valence-corrected chi connectivity index (χ2v) is 9.24. The van der Waals surface area contributed by atoms with Crippen LogP contribution in [-0.2, 0) is 22.1 Å². The van der Waals surface area contributed by atoms with Crippen molar-refractivity contribution in [3.8, 4) is 17.3 Å². The molecule has 0 N–H and O–H groups in total. The number of aromatic nitrogens is 4. The summed E-state index contributed by atoms with van der Waals surface area (Å²) >= 11 is 0. The van der Waals surface area contributed by atoms with Crippen LogP contribution in [0, 0.1) is 12.7 Å². The highest BCUT2D eigenvalue weighted by molar-refractivity contribution is 7.84. The van der Waals surface area contributed by atoms with Gasteiger partial charge in [0, 0.05) is 35.0 Å². The van der Waals surface area contributed by atoms with Crippen LogP contribution in [0.15, 0.2) is 78.2 Å². The smallest absolute Gasteiger partial charge is 0.316 e. The molecule has 2 aromatic carbocycles. The first-order valence-corrected chi connectivity index (χ1v) is 12.4. The summed E-state index contributed by atoms with van der Waals surface area (Å²) in [6.07, 6.45) is 3.28. The molecule has 4 rings (SSSR count). The van der Waals surface area contributed by atoms with E-state index in [4.69, 9.17) is 9.47 Å². The molecule has 35 heavy (non-hydrogen) atoms. The molecule has 0 saturated heterocycles. The first kappa shape index (κ1) is 24.6. The molecule has 0 fully saturated rings. The maximum atomic E-state index is 14.1. The Hall–Kier alpha value is -3.56. The molecule has 2 aromatic heterocycles. The Labute approximate surface area is 205 Å². The van der Waals surface area contributed by atoms with Crippen molar-refractivity contribution in [2.24, 2.45) is 0 Å². The molecule has 0 aliphatic heterocycles. The van der Waals surface area contributed by atoms with Gasteiger partial charge in [-0.15, -0.1) is 0 Å². The summed E-state index contributed by atoms with van der Waals surface area (Å²) in [7, 11) is 0.0216. The number of hydrogen-bond donors (Lipinski definition) is 0. The average Bonchev–Trinajstić information content (AvgIpc) is 2.89. The average molecular weight is 493 g/mol. The van der Waals surface area contributed by atoms with E-state index >= 15 is 0 Å². The molecule has 2 heterocycles. The van der Waals surface area contributed by atoms with Gasteiger partial charge in [0.1, 0.15) is 5.82 Å². The Balaban J connectivity index is 1.49. The van der Waals surface area contributed by atoms with Crippen LogP contribution in [0.2, 0.25) is 0 Å². The van der Waals surface area contributed by atoms with Crippen LogP contribution in [0.1, 0.15) is 29.3 Å². The predicted octanol–water partition coefficient (Wildman–Crippen LogP) is 4.85. The largest absolute Gasteiger partial charge is 0.467 e. The minimum Gasteiger partial charge on any atom is -0.467 e. The van der Waals surface area contributed by atoms with E-state index in [0.29, 0.717) is 28.9 Å². The molecule has 4 aromatic rings. The Morgan fingerprint density at radius 3 is 2.43 bits per heavy atom. The second kappa shape index (κ2) is 11.7. The summed E-state index contributed by atoms with van der Waals surface area (Å²) in [6, 6.07) is 18.2. The van der Waals surface area contributed by atoms with Crippen molar-refractivity contribution < 1.29 is 18.1 Å². The van der Waals surface area contributed by atoms with Gasteiger partial charge in [-0.3, -0.25) is 4.21 Å². The molecule has 0 saturated carbocycles. The number of rotatable bonds is 10. The fraction of sp³-hybridized carbons (Fsp3) is 0.231. The predicted molar refractivity (Wildman–Crippen MR) is 131 cm³/mol. The number of hydrogen-bond acceptors (Lipinski definition) is 7. The Morgan fingerprint density at radius 1 is 1.00 bits per heavy atom. The third-order valence-electron chi connectivity index (χ3n) is 5.28. The van der Waals surface area contributed by atoms with E-state index in [1.54, 1.807) is 36.7 Å². The van der Waals surface area contributed by atoms with Gasteiger partial charge in [-0.05, 0) is 31.0 Å². The first-order chi connectivity index (χ1) is 17.0. The van der Waals surface area contributed by atoms with Gasteiger partial charge in [0.25, 0.3) is 0 Å². The molecular weight excluding hydrogens is 467 g/mol. The van der Waals surface area contributed by atoms with E-state index in [1.807, 2.05) is 37.3 Å². The molecule has 0 amide bonds. The molecule has 0 bridgehead atoms. The SMILES string of the molecule is COc1ncc(-c2cc(C)nc(S(=O)CCC(OCc3ccccc3F)c3ccccc3)n2)cn1. The molecule has 0 aliphatic rings. The van der Waals surface area contributed by atoms with Crippen molar-refractivity contribution in [3.05, 3.63) is 95.7 Å². The molecule has 2 unspecified atom stereocenters. The number of benzene rings is 2. The van der Waals surface area contributed by atoms with Crippen LogP contribution in [0.5, 0.6) is 6.01 Å². The zero-order chi connectivity index (χ0) is 24.6. The summed E-state index contributed by atoms with van der Waals surface area (Å²) in [5.41, 5.74) is 3.35. The molecule has 9 heteroatoms. The van der Waals surface area contributed by atoms with Crippen molar-refractivity contribution in [2.45, 2.75) is 31.2 Å². The van der Waals surface area contributed by atoms with Crippen molar-refractivity contribution >= 4 is 10.8 Å². The number of halogens is 1. The van der Waals surface area contributed by atoms with Crippen LogP contribution in [0.25, 0.3) is 11.3 Å². The van der Waals surface area contributed by atoms with Gasteiger partial charge in [0.05, 0.1) is 36.3 Å². The maximum absolute atomic E-state index is 14.1. The Bertz CT molecular complexity index is 1290. The zero-order valence-electron chi connectivity index (χ0n) is 19.4. The molecule has 2 atom stereocenters. The van der Waals surface area contributed by atoms with Gasteiger partial charge >= 0.3 is 6.01 Å². The van der Waals surface area contributed by atoms with Gasteiger partial charge in [0.15, 0.2) is 0 Å². The van der Waals surface area contributed by atoms with E-state index < -0.39 is 10.8 Å². The van der Waals surface area contributed by atoms with Gasteiger partial charge in [-0.25, -0.2) is 24.3 Å². The quantitative estimate of drug-likeness (QED) is 0.293. The van der Waals surface area contributed by atoms with Crippen molar-refractivity contribution in [2.75, 3.05) is 12.9 Å². The first-order valence-electron chi connectivity index (χ1n) is 11.0. The van der Waals surface area contributed by atoms with E-state index in [0.717, 1.165) is 5.56 Å². The van der Waals surface area contributed by atoms with Crippen LogP contribution >= 0.6 is 0 Å². The van der Waals surface area contributed by atoms with Gasteiger partial charge < -0.3 is 9.47 Å². The van der Waals surface area contributed by atoms with Crippen LogP contribution in [-0.4, -0.2) is 37.0 Å². The fourth-order valence-electron chi connectivity index (χ4n) is 3.47. The Morgan fingerprint density at radius 2 is 1.71 bits per heavy atom. The summed E-state index contributed by atoms with van der Waals surface area (Å²) in [6.45, 7) is 1.93. The maximum Gasteiger partial charge on any atom is 0.316 e. The van der Waals surface area contributed by atoms with Crippen molar-refractivity contribution in [3.63, 3.8) is 0 Å². The topological polar surface area (TPSA) is 87.1 Å². The van der Waals surface area contributed by atoms with Crippen molar-refractivity contribution in [1.82, 2.24) is 19.9 Å². The third-order valence-corrected chi connectivity index (χ3v) is 6.47. The number of aryl methyl sites for hydroxylation is 1. The van der Waals surface area contributed by atoms with Crippen LogP contribution in [0.3, 0.4) is 0 Å². The summed E-state index contributed by atoms with van der Waals surface area (Å²) in [5.74, 6) is -0.0372. The second-order valence-electron chi connectivity index (χ2n) is 7.78. The van der Waals surface area contributed by atoms with E-state index in [2.05, 4.69) is 19.9 Å². The van der Waals surface area contributed by atoms with E-state index in [-0.39, 0.29) is 35.4 Å². The summed E-state index contributed by atoms with van der Waals surface area (Å²) < 4.78 is 38.3. The highest BCUT2D eigenvalue weighted by Gasteiger charge is 2.18. The third kappa shape index (κ3) is 6.52. The van der Waals surface area contributed by atoms with E-state index in [9.17, 15) is 8.60 Å². The lowest BCUT2D eigenvalue weighted by Crippen LogP contribution is -2.12. The highest BCUT2D eigenvalue weighted by atomic mass is 32.2. The number of nitrogens with zero attached hydrogens (tertiary/aromatic N) is 4. The normalized spacial score (nSPS) is 12.8. The van der Waals surface area contributed by atoms with Gasteiger partial charge in [-0.2, -0.15) is 0 Å². The van der Waals surface area contributed by atoms with Crippen LogP contribution < -0.4 is 4.74 Å². The minimum atomic E-state index is -1.47. The molecular formula is C26H25FN4O3S. The lowest BCUT2D eigenvalue weighted by Gasteiger charge is -2.18. The molecule has 7 nitrogen and oxygen atoms in total. The number of ether oxygens (including phenoxy) is 2. The molecule has 0 spiro atoms. The van der Waals surface area contributed by atoms with Gasteiger partial charge in [-0.1, -0.05) is 48.5 Å². The molecule has 0 aliphatic carbocycles. The molecule has 180 valence electrons. The van der Waals surface area contributed by atoms with Crippen molar-refractivity contribution in [1.29, 1.82) is 0 Å². The lowest BCUT2D eigenvalue weighted by molar-refractivity contribution is 0.0362. The van der Waals surface area contributed by atoms with E-state index in [1.165, 1.54) is 13.2 Å². The fourth-order valence-corrected chi connectivity index (χ4v) is 4.53. The highest BCUT2D eigenvalue weighted by Crippen LogP contribution is 2.25. The monoisotopic (exact) mass is 492 g/mol. The Kier molecular flexibility index (Phi) is 8.23. The summed E-state index contributed by atoms with van der Waals surface area (Å²) in [4.78, 5) is 17.1. The minimum absolute atomic E-state index is 0.113. The standard InChI is InChI=1S/C26H25FN4O3S/c1-18-14-23(21-15-28-25(33-2)29-16-21)31-26(30-18)35(32)13-12-24(19-8-4-3-5-9-19)34-17-20-10-6-7-11-22(20)27/h3-11,14-16,24H,12-13,17H2,1-2H3. The lowest BCUT2D eigenvalue weighted by atomic mass is 10.1. The summed E-state index contributed by atoms with van der Waals surface area (Å²) in [5, 5.41) is 0.233. The van der Waals surface area contributed by atoms with Gasteiger partial charge in [0.2, 0.25) is 5.16 Å². The zero-order valence-corrected chi connectivity index (χ0v) is 20.2. The van der Waals surface area contributed by atoms with Crippen LogP contribution in [0.4, 0.5) is 4.39 Å². The number of methoxy groups -OCH3 is 1. The molecule has 0 radical (unpaired) electrons.